The fourth-order valence-corrected chi connectivity index (χ4v) is 5.05. The molecule has 210 valence electrons. The van der Waals surface area contributed by atoms with E-state index in [2.05, 4.69) is 44.3 Å². The van der Waals surface area contributed by atoms with Crippen LogP contribution in [0.1, 0.15) is 67.9 Å². The van der Waals surface area contributed by atoms with Gasteiger partial charge in [-0.15, -0.1) is 0 Å². The molecule has 2 aliphatic rings. The largest absolute Gasteiger partial charge is 0.424 e. The van der Waals surface area contributed by atoms with Crippen LogP contribution in [0.25, 0.3) is 6.08 Å². The molecule has 0 spiro atoms. The van der Waals surface area contributed by atoms with Crippen LogP contribution in [0.3, 0.4) is 0 Å². The SMILES string of the molecule is C=C(Cl)/C=C\c1oc(N2CCN(C(=O)c3ccc(C4=NN(CC(C)(C)C)CCCC4C)c(F)c3)CC2)nc1C. The van der Waals surface area contributed by atoms with Gasteiger partial charge >= 0.3 is 0 Å². The summed E-state index contributed by atoms with van der Waals surface area (Å²) in [7, 11) is 0. The van der Waals surface area contributed by atoms with Crippen LogP contribution in [0.15, 0.2) is 45.4 Å². The Morgan fingerprint density at radius 1 is 1.23 bits per heavy atom. The molecule has 7 nitrogen and oxygen atoms in total. The van der Waals surface area contributed by atoms with Crippen molar-refractivity contribution in [2.24, 2.45) is 16.4 Å². The molecule has 3 heterocycles. The average molecular weight is 556 g/mol. The van der Waals surface area contributed by atoms with Crippen LogP contribution in [-0.2, 0) is 0 Å². The lowest BCUT2D eigenvalue weighted by molar-refractivity contribution is 0.0744. The molecular formula is C30H39ClFN5O2. The Labute approximate surface area is 236 Å². The number of oxazole rings is 1. The zero-order chi connectivity index (χ0) is 28.3. The second kappa shape index (κ2) is 11.9. The number of rotatable bonds is 6. The number of halogens is 2. The summed E-state index contributed by atoms with van der Waals surface area (Å²) in [5.41, 5.74) is 2.42. The van der Waals surface area contributed by atoms with Crippen molar-refractivity contribution in [2.45, 2.75) is 47.5 Å². The Balaban J connectivity index is 1.44. The fourth-order valence-electron chi connectivity index (χ4n) is 4.99. The number of aromatic nitrogens is 1. The lowest BCUT2D eigenvalue weighted by atomic mass is 9.93. The van der Waals surface area contributed by atoms with E-state index in [1.54, 1.807) is 29.2 Å². The topological polar surface area (TPSA) is 65.2 Å². The molecule has 2 aromatic rings. The number of carbonyl (C=O) groups is 1. The van der Waals surface area contributed by atoms with Crippen LogP contribution in [0, 0.1) is 24.1 Å². The number of aryl methyl sites for hydroxylation is 1. The lowest BCUT2D eigenvalue weighted by Gasteiger charge is -2.34. The van der Waals surface area contributed by atoms with Crippen molar-refractivity contribution in [3.8, 4) is 0 Å². The van der Waals surface area contributed by atoms with Crippen LogP contribution >= 0.6 is 11.6 Å². The van der Waals surface area contributed by atoms with Crippen molar-refractivity contribution in [3.63, 3.8) is 0 Å². The van der Waals surface area contributed by atoms with Crippen LogP contribution in [0.5, 0.6) is 0 Å². The number of hydrogen-bond acceptors (Lipinski definition) is 6. The van der Waals surface area contributed by atoms with Gasteiger partial charge in [0.1, 0.15) is 5.82 Å². The predicted molar refractivity (Wildman–Crippen MR) is 156 cm³/mol. The molecular weight excluding hydrogens is 517 g/mol. The smallest absolute Gasteiger partial charge is 0.298 e. The van der Waals surface area contributed by atoms with Crippen molar-refractivity contribution in [1.82, 2.24) is 14.9 Å². The van der Waals surface area contributed by atoms with Gasteiger partial charge in [-0.2, -0.15) is 10.1 Å². The van der Waals surface area contributed by atoms with Crippen LogP contribution < -0.4 is 4.90 Å². The maximum atomic E-state index is 15.5. The third kappa shape index (κ3) is 7.29. The van der Waals surface area contributed by atoms with Gasteiger partial charge in [0.15, 0.2) is 5.76 Å². The molecule has 4 rings (SSSR count). The van der Waals surface area contributed by atoms with Crippen LogP contribution in [0.4, 0.5) is 10.4 Å². The lowest BCUT2D eigenvalue weighted by Crippen LogP contribution is -2.49. The predicted octanol–water partition coefficient (Wildman–Crippen LogP) is 6.33. The number of hydrazone groups is 1. The van der Waals surface area contributed by atoms with Gasteiger partial charge in [0, 0.05) is 61.3 Å². The maximum absolute atomic E-state index is 15.5. The zero-order valence-corrected chi connectivity index (χ0v) is 24.4. The summed E-state index contributed by atoms with van der Waals surface area (Å²) in [6, 6.07) is 5.31. The molecule has 1 unspecified atom stereocenters. The highest BCUT2D eigenvalue weighted by Gasteiger charge is 2.27. The Kier molecular flexibility index (Phi) is 8.84. The molecule has 0 bridgehead atoms. The molecule has 2 aliphatic heterocycles. The van der Waals surface area contributed by atoms with Crippen molar-refractivity contribution in [3.05, 3.63) is 64.3 Å². The summed E-state index contributed by atoms with van der Waals surface area (Å²) in [4.78, 5) is 21.5. The summed E-state index contributed by atoms with van der Waals surface area (Å²) < 4.78 is 21.3. The standard InChI is InChI=1S/C30H39ClFN5O2/c1-20-8-7-13-37(19-30(4,5)6)34-27(20)24-11-10-23(18-25(24)32)28(38)35-14-16-36(17-15-35)29-33-22(3)26(39-29)12-9-21(2)31/h9-12,18,20H,2,7-8,13-17,19H2,1,3-6H3/b12-9-. The first kappa shape index (κ1) is 28.9. The minimum absolute atomic E-state index is 0.0893. The molecule has 1 atom stereocenters. The van der Waals surface area contributed by atoms with Crippen molar-refractivity contribution in [2.75, 3.05) is 44.2 Å². The summed E-state index contributed by atoms with van der Waals surface area (Å²) in [6.45, 7) is 17.9. The van der Waals surface area contributed by atoms with E-state index >= 15 is 4.39 Å². The third-order valence-corrected chi connectivity index (χ3v) is 7.12. The molecule has 0 N–H and O–H groups in total. The second-order valence-electron chi connectivity index (χ2n) is 11.7. The van der Waals surface area contributed by atoms with Crippen molar-refractivity contribution >= 4 is 35.3 Å². The highest BCUT2D eigenvalue weighted by molar-refractivity contribution is 6.31. The molecule has 1 saturated heterocycles. The summed E-state index contributed by atoms with van der Waals surface area (Å²) in [6.07, 6.45) is 5.36. The maximum Gasteiger partial charge on any atom is 0.298 e. The Bertz CT molecular complexity index is 1270. The molecule has 39 heavy (non-hydrogen) atoms. The van der Waals surface area contributed by atoms with E-state index in [1.165, 1.54) is 6.07 Å². The van der Waals surface area contributed by atoms with Gasteiger partial charge in [0.25, 0.3) is 11.9 Å². The Morgan fingerprint density at radius 3 is 2.59 bits per heavy atom. The fraction of sp³-hybridized carbons (Fsp3) is 0.500. The van der Waals surface area contributed by atoms with E-state index in [4.69, 9.17) is 21.1 Å². The molecule has 1 amide bonds. The minimum Gasteiger partial charge on any atom is -0.424 e. The molecule has 0 aliphatic carbocycles. The number of nitrogens with zero attached hydrogens (tertiary/aromatic N) is 5. The minimum atomic E-state index is -0.404. The van der Waals surface area contributed by atoms with Crippen molar-refractivity contribution < 1.29 is 13.6 Å². The number of hydrogen-bond donors (Lipinski definition) is 0. The molecule has 1 aromatic carbocycles. The van der Waals surface area contributed by atoms with E-state index in [-0.39, 0.29) is 17.2 Å². The first-order chi connectivity index (χ1) is 18.4. The van der Waals surface area contributed by atoms with Crippen molar-refractivity contribution in [1.29, 1.82) is 0 Å². The normalized spacial score (nSPS) is 18.9. The first-order valence-corrected chi connectivity index (χ1v) is 14.0. The average Bonchev–Trinajstić information content (AvgIpc) is 3.15. The number of allylic oxidation sites excluding steroid dienone is 2. The summed E-state index contributed by atoms with van der Waals surface area (Å²) in [5, 5.41) is 7.36. The van der Waals surface area contributed by atoms with Gasteiger partial charge in [-0.05, 0) is 55.5 Å². The molecule has 1 aromatic heterocycles. The van der Waals surface area contributed by atoms with E-state index in [0.29, 0.717) is 54.1 Å². The number of amides is 1. The van der Waals surface area contributed by atoms with E-state index in [1.807, 2.05) is 11.8 Å². The Hall–Kier alpha value is -3.13. The number of benzene rings is 1. The number of piperazine rings is 1. The molecule has 0 radical (unpaired) electrons. The Morgan fingerprint density at radius 2 is 1.95 bits per heavy atom. The molecule has 1 fully saturated rings. The van der Waals surface area contributed by atoms with Gasteiger partial charge in [-0.25, -0.2) is 4.39 Å². The third-order valence-electron chi connectivity index (χ3n) is 6.99. The van der Waals surface area contributed by atoms with Crippen LogP contribution in [-0.4, -0.2) is 65.8 Å². The van der Waals surface area contributed by atoms with E-state index in [0.717, 1.165) is 37.3 Å². The second-order valence-corrected chi connectivity index (χ2v) is 12.2. The van der Waals surface area contributed by atoms with Gasteiger partial charge < -0.3 is 14.2 Å². The van der Waals surface area contributed by atoms with E-state index < -0.39 is 5.82 Å². The van der Waals surface area contributed by atoms with Gasteiger partial charge in [0.2, 0.25) is 0 Å². The summed E-state index contributed by atoms with van der Waals surface area (Å²) >= 11 is 5.81. The van der Waals surface area contributed by atoms with Gasteiger partial charge in [-0.3, -0.25) is 9.80 Å². The van der Waals surface area contributed by atoms with E-state index in [9.17, 15) is 4.79 Å². The zero-order valence-electron chi connectivity index (χ0n) is 23.6. The summed E-state index contributed by atoms with van der Waals surface area (Å²) in [5.74, 6) is 0.175. The number of anilines is 1. The van der Waals surface area contributed by atoms with Gasteiger partial charge in [0.05, 0.1) is 11.4 Å². The molecule has 9 heteroatoms. The van der Waals surface area contributed by atoms with Crippen LogP contribution in [0.2, 0.25) is 0 Å². The quantitative estimate of drug-likeness (QED) is 0.390. The highest BCUT2D eigenvalue weighted by Crippen LogP contribution is 2.26. The van der Waals surface area contributed by atoms with Gasteiger partial charge in [-0.1, -0.05) is 45.9 Å². The highest BCUT2D eigenvalue weighted by atomic mass is 35.5. The molecule has 0 saturated carbocycles. The number of carbonyl (C=O) groups excluding carboxylic acids is 1. The first-order valence-electron chi connectivity index (χ1n) is 13.6. The monoisotopic (exact) mass is 555 g/mol.